The van der Waals surface area contributed by atoms with Crippen LogP contribution in [0, 0.1) is 10.1 Å². The number of likely N-dealkylation sites (N-methyl/N-ethyl adjacent to an activating group) is 1. The van der Waals surface area contributed by atoms with Gasteiger partial charge >= 0.3 is 0 Å². The van der Waals surface area contributed by atoms with Crippen molar-refractivity contribution in [2.45, 2.75) is 0 Å². The van der Waals surface area contributed by atoms with Crippen LogP contribution in [0.25, 0.3) is 10.2 Å². The molecule has 0 unspecified atom stereocenters. The molecule has 1 aromatic heterocycles. The molecule has 0 spiro atoms. The molecule has 0 fully saturated rings. The van der Waals surface area contributed by atoms with Crippen LogP contribution in [0.2, 0.25) is 5.02 Å². The van der Waals surface area contributed by atoms with E-state index < -0.39 is 10.8 Å². The van der Waals surface area contributed by atoms with E-state index in [4.69, 9.17) is 16.3 Å². The molecule has 0 aliphatic heterocycles. The number of non-ortho nitro benzene ring substituents is 1. The van der Waals surface area contributed by atoms with E-state index in [1.165, 1.54) is 34.4 Å². The number of ether oxygens (including phenoxy) is 1. The Kier molecular flexibility index (Phi) is 6.31. The standard InChI is InChI=1S/C19H19ClN4O4S/c1-22(2)8-9-23(18(25)14-10-12(24(26)27)4-6-15(14)20)19-21-16-11-13(28-3)5-7-17(16)29-19/h4-7,10-11H,8-9H2,1-3H3. The van der Waals surface area contributed by atoms with Gasteiger partial charge in [0.2, 0.25) is 0 Å². The summed E-state index contributed by atoms with van der Waals surface area (Å²) in [6.45, 7) is 0.930. The van der Waals surface area contributed by atoms with Gasteiger partial charge in [-0.25, -0.2) is 4.98 Å². The monoisotopic (exact) mass is 434 g/mol. The molecule has 29 heavy (non-hydrogen) atoms. The molecular weight excluding hydrogens is 416 g/mol. The van der Waals surface area contributed by atoms with Gasteiger partial charge in [0.1, 0.15) is 5.75 Å². The molecule has 0 radical (unpaired) electrons. The van der Waals surface area contributed by atoms with Gasteiger partial charge in [-0.05, 0) is 32.3 Å². The number of nitrogens with zero attached hydrogens (tertiary/aromatic N) is 4. The van der Waals surface area contributed by atoms with Crippen LogP contribution in [-0.2, 0) is 0 Å². The Morgan fingerprint density at radius 1 is 1.24 bits per heavy atom. The summed E-state index contributed by atoms with van der Waals surface area (Å²) in [7, 11) is 5.37. The van der Waals surface area contributed by atoms with Crippen LogP contribution < -0.4 is 9.64 Å². The van der Waals surface area contributed by atoms with Crippen LogP contribution in [0.15, 0.2) is 36.4 Å². The van der Waals surface area contributed by atoms with Crippen LogP contribution >= 0.6 is 22.9 Å². The van der Waals surface area contributed by atoms with Gasteiger partial charge in [-0.1, -0.05) is 22.9 Å². The van der Waals surface area contributed by atoms with Crippen LogP contribution in [-0.4, -0.2) is 55.0 Å². The van der Waals surface area contributed by atoms with E-state index in [0.717, 1.165) is 4.70 Å². The fourth-order valence-corrected chi connectivity index (χ4v) is 3.83. The average Bonchev–Trinajstić information content (AvgIpc) is 3.10. The highest BCUT2D eigenvalue weighted by Gasteiger charge is 2.25. The molecule has 2 aromatic carbocycles. The predicted octanol–water partition coefficient (Wildman–Crippen LogP) is 4.07. The summed E-state index contributed by atoms with van der Waals surface area (Å²) in [5.74, 6) is 0.230. The summed E-state index contributed by atoms with van der Waals surface area (Å²) < 4.78 is 6.13. The maximum atomic E-state index is 13.3. The predicted molar refractivity (Wildman–Crippen MR) is 115 cm³/mol. The number of methoxy groups -OCH3 is 1. The van der Waals surface area contributed by atoms with Gasteiger partial charge in [0.05, 0.1) is 32.8 Å². The third kappa shape index (κ3) is 4.64. The van der Waals surface area contributed by atoms with Crippen molar-refractivity contribution in [3.05, 3.63) is 57.1 Å². The highest BCUT2D eigenvalue weighted by atomic mass is 35.5. The number of hydrogen-bond donors (Lipinski definition) is 0. The number of halogens is 1. The molecule has 0 atom stereocenters. The van der Waals surface area contributed by atoms with Gasteiger partial charge in [0.25, 0.3) is 11.6 Å². The second-order valence-electron chi connectivity index (χ2n) is 6.51. The molecule has 1 amide bonds. The van der Waals surface area contributed by atoms with Crippen molar-refractivity contribution in [1.82, 2.24) is 9.88 Å². The van der Waals surface area contributed by atoms with Crippen molar-refractivity contribution in [3.8, 4) is 5.75 Å². The lowest BCUT2D eigenvalue weighted by molar-refractivity contribution is -0.384. The topological polar surface area (TPSA) is 88.8 Å². The average molecular weight is 435 g/mol. The number of aromatic nitrogens is 1. The first-order valence-electron chi connectivity index (χ1n) is 8.65. The Morgan fingerprint density at radius 3 is 2.66 bits per heavy atom. The van der Waals surface area contributed by atoms with Crippen molar-refractivity contribution >= 4 is 49.9 Å². The SMILES string of the molecule is COc1ccc2sc(N(CCN(C)C)C(=O)c3cc([N+](=O)[O-])ccc3Cl)nc2c1. The number of rotatable bonds is 7. The molecule has 1 heterocycles. The summed E-state index contributed by atoms with van der Waals surface area (Å²) in [4.78, 5) is 31.9. The Labute approximate surface area is 176 Å². The molecule has 0 N–H and O–H groups in total. The zero-order valence-electron chi connectivity index (χ0n) is 16.1. The fraction of sp³-hybridized carbons (Fsp3) is 0.263. The number of thiazole rings is 1. The van der Waals surface area contributed by atoms with Gasteiger partial charge < -0.3 is 9.64 Å². The third-order valence-corrected chi connectivity index (χ3v) is 5.61. The minimum Gasteiger partial charge on any atom is -0.497 e. The summed E-state index contributed by atoms with van der Waals surface area (Å²) in [6, 6.07) is 9.33. The maximum Gasteiger partial charge on any atom is 0.270 e. The minimum atomic E-state index is -0.554. The summed E-state index contributed by atoms with van der Waals surface area (Å²) in [5.41, 5.74) is 0.577. The molecule has 152 valence electrons. The lowest BCUT2D eigenvalue weighted by Crippen LogP contribution is -2.37. The normalized spacial score (nSPS) is 11.1. The van der Waals surface area contributed by atoms with Crippen molar-refractivity contribution in [1.29, 1.82) is 0 Å². The molecule has 0 saturated heterocycles. The Hall–Kier alpha value is -2.75. The summed E-state index contributed by atoms with van der Waals surface area (Å²) in [5, 5.41) is 11.8. The van der Waals surface area contributed by atoms with Gasteiger partial charge in [0, 0.05) is 31.3 Å². The van der Waals surface area contributed by atoms with Crippen LogP contribution in [0.5, 0.6) is 5.75 Å². The molecule has 0 aliphatic rings. The number of benzene rings is 2. The van der Waals surface area contributed by atoms with E-state index in [2.05, 4.69) is 4.98 Å². The van der Waals surface area contributed by atoms with Crippen molar-refractivity contribution in [2.75, 3.05) is 39.2 Å². The third-order valence-electron chi connectivity index (χ3n) is 4.22. The first-order valence-corrected chi connectivity index (χ1v) is 9.84. The Balaban J connectivity index is 2.04. The molecule has 10 heteroatoms. The number of anilines is 1. The lowest BCUT2D eigenvalue weighted by atomic mass is 10.1. The number of carbonyl (C=O) groups is 1. The van der Waals surface area contributed by atoms with Gasteiger partial charge in [-0.2, -0.15) is 0 Å². The van der Waals surface area contributed by atoms with Gasteiger partial charge in [-0.15, -0.1) is 0 Å². The quantitative estimate of drug-likeness (QED) is 0.411. The molecular formula is C19H19ClN4O4S. The zero-order chi connectivity index (χ0) is 21.1. The smallest absolute Gasteiger partial charge is 0.270 e. The summed E-state index contributed by atoms with van der Waals surface area (Å²) >= 11 is 7.55. The van der Waals surface area contributed by atoms with E-state index in [0.29, 0.717) is 29.5 Å². The van der Waals surface area contributed by atoms with E-state index >= 15 is 0 Å². The van der Waals surface area contributed by atoms with E-state index in [9.17, 15) is 14.9 Å². The van der Waals surface area contributed by atoms with Gasteiger partial charge in [0.15, 0.2) is 5.13 Å². The van der Waals surface area contributed by atoms with E-state index in [-0.39, 0.29) is 16.3 Å². The highest BCUT2D eigenvalue weighted by molar-refractivity contribution is 7.22. The number of nitro groups is 1. The van der Waals surface area contributed by atoms with Crippen molar-refractivity contribution < 1.29 is 14.5 Å². The molecule has 3 aromatic rings. The first kappa shape index (κ1) is 21.0. The fourth-order valence-electron chi connectivity index (χ4n) is 2.66. The minimum absolute atomic E-state index is 0.0662. The maximum absolute atomic E-state index is 13.3. The van der Waals surface area contributed by atoms with E-state index in [1.807, 2.05) is 31.1 Å². The lowest BCUT2D eigenvalue weighted by Gasteiger charge is -2.22. The Morgan fingerprint density at radius 2 is 2.00 bits per heavy atom. The molecule has 3 rings (SSSR count). The number of carbonyl (C=O) groups excluding carboxylic acids is 1. The largest absolute Gasteiger partial charge is 0.497 e. The van der Waals surface area contributed by atoms with Crippen LogP contribution in [0.1, 0.15) is 10.4 Å². The Bertz CT molecular complexity index is 1070. The zero-order valence-corrected chi connectivity index (χ0v) is 17.7. The van der Waals surface area contributed by atoms with Crippen molar-refractivity contribution in [2.24, 2.45) is 0 Å². The van der Waals surface area contributed by atoms with E-state index in [1.54, 1.807) is 13.2 Å². The van der Waals surface area contributed by atoms with Gasteiger partial charge in [-0.3, -0.25) is 19.8 Å². The number of amides is 1. The van der Waals surface area contributed by atoms with Crippen LogP contribution in [0.3, 0.4) is 0 Å². The van der Waals surface area contributed by atoms with Crippen molar-refractivity contribution in [3.63, 3.8) is 0 Å². The van der Waals surface area contributed by atoms with Crippen LogP contribution in [0.4, 0.5) is 10.8 Å². The summed E-state index contributed by atoms with van der Waals surface area (Å²) in [6.07, 6.45) is 0. The number of nitro benzene ring substituents is 1. The molecule has 0 bridgehead atoms. The number of fused-ring (bicyclic) bond motifs is 1. The number of hydrogen-bond acceptors (Lipinski definition) is 7. The highest BCUT2D eigenvalue weighted by Crippen LogP contribution is 2.33. The second kappa shape index (κ2) is 8.73. The molecule has 0 aliphatic carbocycles. The second-order valence-corrected chi connectivity index (χ2v) is 7.93. The molecule has 0 saturated carbocycles. The molecule has 8 nitrogen and oxygen atoms in total. The first-order chi connectivity index (χ1) is 13.8.